The highest BCUT2D eigenvalue weighted by Crippen LogP contribution is 2.49. The highest BCUT2D eigenvalue weighted by atomic mass is 15.3. The van der Waals surface area contributed by atoms with E-state index in [0.29, 0.717) is 6.04 Å². The number of nitrogens with one attached hydrogen (secondary N) is 1. The smallest absolute Gasteiger partial charge is 0.0522 e. The molecule has 2 aromatic rings. The standard InChI is InChI=1S/C17H23N3/c1-3-20-12-13(11-19-20)9-17(18-2)16-10-15(16)14-7-5-4-6-8-14/h4-8,11-12,15-18H,3,9-10H2,1-2H3. The molecule has 1 aromatic carbocycles. The molecule has 3 rings (SSSR count). The Kier molecular flexibility index (Phi) is 3.88. The molecular formula is C17H23N3. The van der Waals surface area contributed by atoms with E-state index in [0.717, 1.165) is 24.8 Å². The quantitative estimate of drug-likeness (QED) is 0.874. The summed E-state index contributed by atoms with van der Waals surface area (Å²) >= 11 is 0. The molecule has 3 atom stereocenters. The first-order chi connectivity index (χ1) is 9.81. The van der Waals surface area contributed by atoms with Crippen LogP contribution in [-0.4, -0.2) is 22.9 Å². The lowest BCUT2D eigenvalue weighted by Crippen LogP contribution is -2.30. The van der Waals surface area contributed by atoms with Gasteiger partial charge < -0.3 is 5.32 Å². The van der Waals surface area contributed by atoms with E-state index in [1.165, 1.54) is 17.5 Å². The van der Waals surface area contributed by atoms with Crippen molar-refractivity contribution in [3.63, 3.8) is 0 Å². The van der Waals surface area contributed by atoms with E-state index in [2.05, 4.69) is 60.9 Å². The second-order valence-corrected chi connectivity index (χ2v) is 5.72. The molecule has 0 aliphatic heterocycles. The summed E-state index contributed by atoms with van der Waals surface area (Å²) < 4.78 is 2.00. The summed E-state index contributed by atoms with van der Waals surface area (Å²) in [6, 6.07) is 11.4. The predicted molar refractivity (Wildman–Crippen MR) is 81.7 cm³/mol. The van der Waals surface area contributed by atoms with E-state index in [1.807, 2.05) is 10.9 Å². The minimum atomic E-state index is 0.551. The van der Waals surface area contributed by atoms with E-state index in [9.17, 15) is 0 Å². The molecule has 0 spiro atoms. The third-order valence-corrected chi connectivity index (χ3v) is 4.42. The summed E-state index contributed by atoms with van der Waals surface area (Å²) in [6.07, 6.45) is 6.56. The molecule has 1 aliphatic carbocycles. The maximum absolute atomic E-state index is 4.37. The van der Waals surface area contributed by atoms with Crippen LogP contribution in [0.5, 0.6) is 0 Å². The van der Waals surface area contributed by atoms with Gasteiger partial charge in [-0.05, 0) is 49.8 Å². The molecule has 106 valence electrons. The Bertz CT molecular complexity index is 546. The van der Waals surface area contributed by atoms with Crippen molar-refractivity contribution in [1.29, 1.82) is 0 Å². The largest absolute Gasteiger partial charge is 0.316 e. The summed E-state index contributed by atoms with van der Waals surface area (Å²) in [6.45, 7) is 3.07. The van der Waals surface area contributed by atoms with Gasteiger partial charge in [0.1, 0.15) is 0 Å². The van der Waals surface area contributed by atoms with Crippen molar-refractivity contribution < 1.29 is 0 Å². The number of nitrogens with zero attached hydrogens (tertiary/aromatic N) is 2. The number of aryl methyl sites for hydroxylation is 1. The van der Waals surface area contributed by atoms with Crippen LogP contribution in [0.1, 0.15) is 30.4 Å². The first kappa shape index (κ1) is 13.4. The lowest BCUT2D eigenvalue weighted by atomic mass is 10.0. The number of hydrogen-bond donors (Lipinski definition) is 1. The van der Waals surface area contributed by atoms with Crippen LogP contribution in [0.2, 0.25) is 0 Å². The third kappa shape index (κ3) is 2.78. The number of aromatic nitrogens is 2. The Morgan fingerprint density at radius 1 is 1.35 bits per heavy atom. The summed E-state index contributed by atoms with van der Waals surface area (Å²) in [7, 11) is 2.08. The normalized spacial score (nSPS) is 22.7. The van der Waals surface area contributed by atoms with Gasteiger partial charge in [0.15, 0.2) is 0 Å². The van der Waals surface area contributed by atoms with Crippen LogP contribution in [0.25, 0.3) is 0 Å². The minimum Gasteiger partial charge on any atom is -0.316 e. The molecule has 0 amide bonds. The monoisotopic (exact) mass is 269 g/mol. The zero-order valence-corrected chi connectivity index (χ0v) is 12.3. The highest BCUT2D eigenvalue weighted by Gasteiger charge is 2.43. The average molecular weight is 269 g/mol. The van der Waals surface area contributed by atoms with Crippen LogP contribution < -0.4 is 5.32 Å². The zero-order chi connectivity index (χ0) is 13.9. The average Bonchev–Trinajstić information content (AvgIpc) is 3.17. The Morgan fingerprint density at radius 3 is 2.80 bits per heavy atom. The van der Waals surface area contributed by atoms with E-state index in [4.69, 9.17) is 0 Å². The zero-order valence-electron chi connectivity index (χ0n) is 12.3. The van der Waals surface area contributed by atoms with E-state index < -0.39 is 0 Å². The molecule has 1 saturated carbocycles. The molecule has 3 unspecified atom stereocenters. The predicted octanol–water partition coefficient (Wildman–Crippen LogP) is 2.84. The molecular weight excluding hydrogens is 246 g/mol. The fourth-order valence-corrected chi connectivity index (χ4v) is 3.15. The van der Waals surface area contributed by atoms with Crippen molar-refractivity contribution >= 4 is 0 Å². The first-order valence-corrected chi connectivity index (χ1v) is 7.55. The fraction of sp³-hybridized carbons (Fsp3) is 0.471. The molecule has 1 aliphatic rings. The molecule has 1 heterocycles. The van der Waals surface area contributed by atoms with Gasteiger partial charge in [0, 0.05) is 18.8 Å². The van der Waals surface area contributed by atoms with Gasteiger partial charge in [0.2, 0.25) is 0 Å². The van der Waals surface area contributed by atoms with Crippen LogP contribution >= 0.6 is 0 Å². The van der Waals surface area contributed by atoms with Crippen LogP contribution in [0.3, 0.4) is 0 Å². The topological polar surface area (TPSA) is 29.9 Å². The van der Waals surface area contributed by atoms with Crippen molar-refractivity contribution in [3.8, 4) is 0 Å². The molecule has 1 N–H and O–H groups in total. The van der Waals surface area contributed by atoms with E-state index in [1.54, 1.807) is 0 Å². The Hall–Kier alpha value is -1.61. The number of hydrogen-bond acceptors (Lipinski definition) is 2. The Labute approximate surface area is 121 Å². The van der Waals surface area contributed by atoms with Gasteiger partial charge in [-0.3, -0.25) is 4.68 Å². The lowest BCUT2D eigenvalue weighted by Gasteiger charge is -2.15. The molecule has 1 fully saturated rings. The SMILES string of the molecule is CCn1cc(CC(NC)C2CC2c2ccccc2)cn1. The van der Waals surface area contributed by atoms with Crippen molar-refractivity contribution in [2.75, 3.05) is 7.05 Å². The first-order valence-electron chi connectivity index (χ1n) is 7.55. The van der Waals surface area contributed by atoms with Crippen molar-refractivity contribution in [2.45, 2.75) is 38.3 Å². The summed E-state index contributed by atoms with van der Waals surface area (Å²) in [5.74, 6) is 1.49. The van der Waals surface area contributed by atoms with E-state index in [-0.39, 0.29) is 0 Å². The van der Waals surface area contributed by atoms with Crippen molar-refractivity contribution in [2.24, 2.45) is 5.92 Å². The van der Waals surface area contributed by atoms with Crippen molar-refractivity contribution in [1.82, 2.24) is 15.1 Å². The number of rotatable bonds is 6. The number of likely N-dealkylation sites (N-methyl/N-ethyl adjacent to an activating group) is 1. The highest BCUT2D eigenvalue weighted by molar-refractivity contribution is 5.27. The van der Waals surface area contributed by atoms with Gasteiger partial charge in [-0.2, -0.15) is 5.10 Å². The minimum absolute atomic E-state index is 0.551. The molecule has 20 heavy (non-hydrogen) atoms. The van der Waals surface area contributed by atoms with Crippen molar-refractivity contribution in [3.05, 3.63) is 53.9 Å². The van der Waals surface area contributed by atoms with Crippen LogP contribution in [-0.2, 0) is 13.0 Å². The maximum atomic E-state index is 4.37. The van der Waals surface area contributed by atoms with Gasteiger partial charge in [-0.15, -0.1) is 0 Å². The third-order valence-electron chi connectivity index (χ3n) is 4.42. The second kappa shape index (κ2) is 5.80. The van der Waals surface area contributed by atoms with Crippen LogP contribution in [0.15, 0.2) is 42.7 Å². The summed E-state index contributed by atoms with van der Waals surface area (Å²) in [4.78, 5) is 0. The van der Waals surface area contributed by atoms with Gasteiger partial charge in [-0.25, -0.2) is 0 Å². The molecule has 0 saturated heterocycles. The van der Waals surface area contributed by atoms with Gasteiger partial charge >= 0.3 is 0 Å². The van der Waals surface area contributed by atoms with Crippen LogP contribution in [0, 0.1) is 5.92 Å². The van der Waals surface area contributed by atoms with Gasteiger partial charge in [0.05, 0.1) is 6.20 Å². The van der Waals surface area contributed by atoms with Gasteiger partial charge in [-0.1, -0.05) is 30.3 Å². The van der Waals surface area contributed by atoms with Gasteiger partial charge in [0.25, 0.3) is 0 Å². The molecule has 3 nitrogen and oxygen atoms in total. The maximum Gasteiger partial charge on any atom is 0.0522 e. The second-order valence-electron chi connectivity index (χ2n) is 5.72. The summed E-state index contributed by atoms with van der Waals surface area (Å²) in [5.41, 5.74) is 2.83. The molecule has 0 radical (unpaired) electrons. The van der Waals surface area contributed by atoms with E-state index >= 15 is 0 Å². The Balaban J connectivity index is 1.64. The molecule has 1 aromatic heterocycles. The number of benzene rings is 1. The Morgan fingerprint density at radius 2 is 2.15 bits per heavy atom. The summed E-state index contributed by atoms with van der Waals surface area (Å²) in [5, 5.41) is 7.87. The fourth-order valence-electron chi connectivity index (χ4n) is 3.15. The molecule has 0 bridgehead atoms. The molecule has 3 heteroatoms. The lowest BCUT2D eigenvalue weighted by molar-refractivity contribution is 0.491. The van der Waals surface area contributed by atoms with Crippen LogP contribution in [0.4, 0.5) is 0 Å².